The van der Waals surface area contributed by atoms with Crippen LogP contribution in [0.25, 0.3) is 22.1 Å². The third kappa shape index (κ3) is 3.11. The van der Waals surface area contributed by atoms with Crippen molar-refractivity contribution < 1.29 is 9.15 Å². The standard InChI is InChI=1S/C24H22N6O4/c1-27-20-19(21-15(13-25)16(14-26)22(20)34-21)23(31)30(24(27)32)12-9-28-7-10-29(11-8-28)17-5-3-4-6-18(17)33-2/h3-6H,7-12H2,1-2H3. The van der Waals surface area contributed by atoms with E-state index in [4.69, 9.17) is 9.15 Å². The van der Waals surface area contributed by atoms with E-state index in [-0.39, 0.29) is 39.7 Å². The zero-order valence-electron chi connectivity index (χ0n) is 18.9. The van der Waals surface area contributed by atoms with Crippen LogP contribution in [0.2, 0.25) is 0 Å². The minimum atomic E-state index is -0.500. The molecule has 1 fully saturated rings. The van der Waals surface area contributed by atoms with Crippen molar-refractivity contribution in [2.75, 3.05) is 44.7 Å². The van der Waals surface area contributed by atoms with E-state index < -0.39 is 11.2 Å². The number of hydrogen-bond acceptors (Lipinski definition) is 8. The second-order valence-electron chi connectivity index (χ2n) is 8.26. The molecule has 34 heavy (non-hydrogen) atoms. The van der Waals surface area contributed by atoms with Crippen LogP contribution in [-0.4, -0.2) is 53.9 Å². The van der Waals surface area contributed by atoms with Crippen LogP contribution in [0.1, 0.15) is 11.1 Å². The fraction of sp³-hybridized carbons (Fsp3) is 0.333. The van der Waals surface area contributed by atoms with E-state index in [9.17, 15) is 20.1 Å². The molecule has 0 aliphatic carbocycles. The quantitative estimate of drug-likeness (QED) is 0.441. The summed E-state index contributed by atoms with van der Waals surface area (Å²) in [5.74, 6) is 0.835. The van der Waals surface area contributed by atoms with Crippen LogP contribution in [0.5, 0.6) is 5.75 Å². The smallest absolute Gasteiger partial charge is 0.331 e. The van der Waals surface area contributed by atoms with Gasteiger partial charge in [-0.3, -0.25) is 18.8 Å². The number of nitrogens with zero attached hydrogens (tertiary/aromatic N) is 6. The molecule has 2 bridgehead atoms. The molecule has 0 unspecified atom stereocenters. The van der Waals surface area contributed by atoms with Gasteiger partial charge in [-0.05, 0) is 12.1 Å². The Hall–Kier alpha value is -4.28. The molecular weight excluding hydrogens is 436 g/mol. The molecule has 0 radical (unpaired) electrons. The van der Waals surface area contributed by atoms with E-state index in [1.165, 1.54) is 9.13 Å². The van der Waals surface area contributed by atoms with Gasteiger partial charge in [0.25, 0.3) is 5.56 Å². The van der Waals surface area contributed by atoms with Crippen LogP contribution in [0, 0.1) is 22.7 Å². The summed E-state index contributed by atoms with van der Waals surface area (Å²) < 4.78 is 13.6. The molecule has 1 aliphatic rings. The van der Waals surface area contributed by atoms with Gasteiger partial charge in [-0.25, -0.2) is 4.79 Å². The number of aryl methyl sites for hydroxylation is 1. The maximum atomic E-state index is 13.2. The number of aromatic nitrogens is 2. The number of benzene rings is 2. The van der Waals surface area contributed by atoms with E-state index in [0.29, 0.717) is 6.54 Å². The molecule has 5 rings (SSSR count). The van der Waals surface area contributed by atoms with E-state index in [1.807, 2.05) is 36.4 Å². The third-order valence-electron chi connectivity index (χ3n) is 6.56. The van der Waals surface area contributed by atoms with Gasteiger partial charge in [-0.15, -0.1) is 0 Å². The summed E-state index contributed by atoms with van der Waals surface area (Å²) in [5.41, 5.74) is 0.629. The lowest BCUT2D eigenvalue weighted by atomic mass is 10.1. The highest BCUT2D eigenvalue weighted by Gasteiger charge is 2.28. The van der Waals surface area contributed by atoms with E-state index >= 15 is 0 Å². The van der Waals surface area contributed by atoms with Crippen LogP contribution in [-0.2, 0) is 13.6 Å². The SMILES string of the molecule is COc1ccccc1N1CCN(CCn2c(=O)c3c4oc(c(C#N)c4C#N)c3n(C)c2=O)CC1. The first kappa shape index (κ1) is 21.6. The fourth-order valence-electron chi connectivity index (χ4n) is 4.77. The Kier molecular flexibility index (Phi) is 5.23. The molecule has 3 aromatic heterocycles. The summed E-state index contributed by atoms with van der Waals surface area (Å²) in [6.45, 7) is 3.91. The molecule has 1 saturated heterocycles. The molecule has 1 aromatic carbocycles. The lowest BCUT2D eigenvalue weighted by Gasteiger charge is -2.36. The number of nitriles is 2. The lowest BCUT2D eigenvalue weighted by Crippen LogP contribution is -2.49. The maximum Gasteiger partial charge on any atom is 0.331 e. The summed E-state index contributed by atoms with van der Waals surface area (Å²) in [6.07, 6.45) is 0. The van der Waals surface area contributed by atoms with Gasteiger partial charge in [0.2, 0.25) is 0 Å². The van der Waals surface area contributed by atoms with E-state index in [1.54, 1.807) is 14.2 Å². The number of ether oxygens (including phenoxy) is 1. The topological polar surface area (TPSA) is 120 Å². The molecule has 10 heteroatoms. The number of rotatable bonds is 5. The van der Waals surface area contributed by atoms with Gasteiger partial charge >= 0.3 is 5.69 Å². The Morgan fingerprint density at radius 2 is 1.68 bits per heavy atom. The molecule has 0 amide bonds. The number of fused-ring (bicyclic) bond motifs is 5. The average molecular weight is 458 g/mol. The second kappa shape index (κ2) is 8.25. The summed E-state index contributed by atoms with van der Waals surface area (Å²) >= 11 is 0. The predicted octanol–water partition coefficient (Wildman–Crippen LogP) is 1.46. The number of hydrogen-bond donors (Lipinski definition) is 0. The van der Waals surface area contributed by atoms with Crippen molar-refractivity contribution in [2.24, 2.45) is 7.05 Å². The second-order valence-corrected chi connectivity index (χ2v) is 8.26. The van der Waals surface area contributed by atoms with Crippen LogP contribution in [0.3, 0.4) is 0 Å². The van der Waals surface area contributed by atoms with Crippen molar-refractivity contribution in [1.29, 1.82) is 10.5 Å². The van der Waals surface area contributed by atoms with Crippen molar-refractivity contribution in [2.45, 2.75) is 6.54 Å². The summed E-state index contributed by atoms with van der Waals surface area (Å²) in [6, 6.07) is 11.8. The van der Waals surface area contributed by atoms with Gasteiger partial charge < -0.3 is 14.1 Å². The van der Waals surface area contributed by atoms with E-state index in [0.717, 1.165) is 37.6 Å². The minimum absolute atomic E-state index is 0.0414. The van der Waals surface area contributed by atoms with Crippen molar-refractivity contribution in [3.8, 4) is 17.9 Å². The van der Waals surface area contributed by atoms with Gasteiger partial charge in [-0.1, -0.05) is 12.1 Å². The number of para-hydroxylation sites is 2. The Bertz CT molecular complexity index is 1590. The highest BCUT2D eigenvalue weighted by Crippen LogP contribution is 2.35. The molecule has 0 N–H and O–H groups in total. The lowest BCUT2D eigenvalue weighted by molar-refractivity contribution is 0.245. The zero-order valence-corrected chi connectivity index (χ0v) is 18.9. The highest BCUT2D eigenvalue weighted by molar-refractivity contribution is 6.10. The van der Waals surface area contributed by atoms with Gasteiger partial charge in [0.1, 0.15) is 39.9 Å². The first-order chi connectivity index (χ1) is 16.5. The molecule has 10 nitrogen and oxygen atoms in total. The Labute approximate surface area is 194 Å². The Balaban J connectivity index is 1.38. The van der Waals surface area contributed by atoms with Crippen LogP contribution < -0.4 is 20.9 Å². The first-order valence-corrected chi connectivity index (χ1v) is 10.9. The number of methoxy groups -OCH3 is 1. The van der Waals surface area contributed by atoms with Gasteiger partial charge in [0.15, 0.2) is 11.2 Å². The van der Waals surface area contributed by atoms with Gasteiger partial charge in [-0.2, -0.15) is 10.5 Å². The third-order valence-corrected chi connectivity index (χ3v) is 6.56. The molecule has 172 valence electrons. The minimum Gasteiger partial charge on any atom is -0.495 e. The number of furan rings is 2. The largest absolute Gasteiger partial charge is 0.495 e. The zero-order chi connectivity index (χ0) is 24.0. The Morgan fingerprint density at radius 3 is 2.35 bits per heavy atom. The fourth-order valence-corrected chi connectivity index (χ4v) is 4.77. The van der Waals surface area contributed by atoms with Crippen LogP contribution in [0.15, 0.2) is 38.3 Å². The molecule has 0 atom stereocenters. The van der Waals surface area contributed by atoms with E-state index in [2.05, 4.69) is 9.80 Å². The van der Waals surface area contributed by atoms with Crippen molar-refractivity contribution >= 4 is 27.8 Å². The molecule has 4 aromatic rings. The van der Waals surface area contributed by atoms with Crippen molar-refractivity contribution in [1.82, 2.24) is 14.0 Å². The van der Waals surface area contributed by atoms with Gasteiger partial charge in [0, 0.05) is 46.3 Å². The van der Waals surface area contributed by atoms with Crippen molar-refractivity contribution in [3.63, 3.8) is 0 Å². The molecule has 0 spiro atoms. The first-order valence-electron chi connectivity index (χ1n) is 10.9. The summed E-state index contributed by atoms with van der Waals surface area (Å²) in [4.78, 5) is 30.7. The van der Waals surface area contributed by atoms with Gasteiger partial charge in [0.05, 0.1) is 12.8 Å². The highest BCUT2D eigenvalue weighted by atomic mass is 16.5. The average Bonchev–Trinajstić information content (AvgIpc) is 3.43. The summed E-state index contributed by atoms with van der Waals surface area (Å²) in [7, 11) is 3.20. The number of piperazine rings is 1. The molecule has 0 saturated carbocycles. The van der Waals surface area contributed by atoms with Crippen molar-refractivity contribution in [3.05, 3.63) is 56.2 Å². The normalized spacial score (nSPS) is 14.5. The molecule has 1 aliphatic heterocycles. The predicted molar refractivity (Wildman–Crippen MR) is 125 cm³/mol. The molecule has 4 heterocycles. The van der Waals surface area contributed by atoms with Crippen LogP contribution in [0.4, 0.5) is 5.69 Å². The molecular formula is C24H22N6O4. The monoisotopic (exact) mass is 458 g/mol. The van der Waals surface area contributed by atoms with Crippen LogP contribution >= 0.6 is 0 Å². The number of anilines is 1. The summed E-state index contributed by atoms with van der Waals surface area (Å²) in [5, 5.41) is 19.0. The maximum absolute atomic E-state index is 13.2. The Morgan fingerprint density at radius 1 is 1.00 bits per heavy atom.